The number of carbonyl (C=O) groups excluding carboxylic acids is 4. The molecule has 0 radical (unpaired) electrons. The summed E-state index contributed by atoms with van der Waals surface area (Å²) in [7, 11) is 5.49. The Morgan fingerprint density at radius 2 is 1.91 bits per heavy atom. The number of nitrogens with zero attached hydrogens (tertiary/aromatic N) is 7. The van der Waals surface area contributed by atoms with Crippen LogP contribution >= 0.6 is 11.3 Å². The molecule has 3 saturated heterocycles. The van der Waals surface area contributed by atoms with Crippen molar-refractivity contribution in [1.82, 2.24) is 45.0 Å². The molecule has 1 spiro atoms. The Labute approximate surface area is 387 Å². The summed E-state index contributed by atoms with van der Waals surface area (Å²) in [6, 6.07) is 7.69. The fraction of sp³-hybridized carbons (Fsp3) is 0.592. The predicted molar refractivity (Wildman–Crippen MR) is 252 cm³/mol. The van der Waals surface area contributed by atoms with Crippen LogP contribution in [0.2, 0.25) is 0 Å². The van der Waals surface area contributed by atoms with Gasteiger partial charge in [0.15, 0.2) is 0 Å². The third-order valence-electron chi connectivity index (χ3n) is 14.1. The minimum Gasteiger partial charge on any atom is -0.464 e. The number of rotatable bonds is 8. The van der Waals surface area contributed by atoms with E-state index < -0.39 is 35.4 Å². The van der Waals surface area contributed by atoms with Crippen molar-refractivity contribution in [3.8, 4) is 22.5 Å². The zero-order chi connectivity index (χ0) is 46.4. The second kappa shape index (κ2) is 18.8. The van der Waals surface area contributed by atoms with Gasteiger partial charge in [0.2, 0.25) is 5.91 Å². The maximum absolute atomic E-state index is 14.7. The smallest absolute Gasteiger partial charge is 0.324 e. The molecule has 0 unspecified atom stereocenters. The highest BCUT2D eigenvalue weighted by molar-refractivity contribution is 7.10. The number of cyclic esters (lactones) is 1. The highest BCUT2D eigenvalue weighted by Gasteiger charge is 2.51. The molecule has 4 aromatic rings. The standard InChI is InChI=1S/C49H67N9O6S/c1-10-56-39-17-16-32-24-34(39)35(43(56)33-14-11-20-50-41(33)31(4)63-9)26-48(5,6)29-64-46(61)36-15-12-22-58(53-36)45(60)37(25-40-51-38(32)27-65-40)52-44(59)42(30(2)3)55(8)47(62)57-23-19-49(57)18-13-21-54(7)28-49/h11,14,16-17,20,24,27,30-31,36-37,42,53H,10,12-13,15,18-19,21-23,25-26,28-29H2,1-9H3,(H,52,59)/t31-,36-,37-,42-,49-/m0/s1. The zero-order valence-corrected chi connectivity index (χ0v) is 40.4. The first-order valence-electron chi connectivity index (χ1n) is 23.4. The molecule has 350 valence electrons. The molecular formula is C49H67N9O6S. The number of methoxy groups -OCH3 is 1. The monoisotopic (exact) mass is 909 g/mol. The second-order valence-corrected chi connectivity index (χ2v) is 20.8. The number of thiazole rings is 1. The van der Waals surface area contributed by atoms with Crippen molar-refractivity contribution < 1.29 is 28.7 Å². The van der Waals surface area contributed by atoms with Gasteiger partial charge in [-0.05, 0) is 102 Å². The van der Waals surface area contributed by atoms with Crippen LogP contribution in [-0.4, -0.2) is 136 Å². The molecule has 4 aliphatic rings. The number of benzene rings is 1. The second-order valence-electron chi connectivity index (χ2n) is 19.8. The lowest BCUT2D eigenvalue weighted by atomic mass is 9.78. The Balaban J connectivity index is 1.16. The van der Waals surface area contributed by atoms with Gasteiger partial charge in [-0.25, -0.2) is 15.2 Å². The molecule has 4 amide bonds. The summed E-state index contributed by atoms with van der Waals surface area (Å²) in [6.07, 6.45) is 6.23. The lowest BCUT2D eigenvalue weighted by Crippen LogP contribution is -2.71. The molecule has 8 rings (SSSR count). The third-order valence-corrected chi connectivity index (χ3v) is 15.0. The van der Waals surface area contributed by atoms with E-state index in [9.17, 15) is 19.2 Å². The average molecular weight is 910 g/mol. The molecule has 3 fully saturated rings. The van der Waals surface area contributed by atoms with Crippen LogP contribution in [0.25, 0.3) is 33.4 Å². The van der Waals surface area contributed by atoms with Crippen LogP contribution in [0.5, 0.6) is 0 Å². The van der Waals surface area contributed by atoms with Gasteiger partial charge >= 0.3 is 12.0 Å². The van der Waals surface area contributed by atoms with Gasteiger partial charge in [-0.1, -0.05) is 33.8 Å². The summed E-state index contributed by atoms with van der Waals surface area (Å²) in [5.41, 5.74) is 9.22. The van der Waals surface area contributed by atoms with E-state index in [2.05, 4.69) is 72.3 Å². The van der Waals surface area contributed by atoms with Gasteiger partial charge < -0.3 is 34.1 Å². The van der Waals surface area contributed by atoms with Crippen LogP contribution in [0, 0.1) is 11.3 Å². The molecule has 0 aliphatic carbocycles. The number of urea groups is 1. The number of hydrogen-bond donors (Lipinski definition) is 2. The lowest BCUT2D eigenvalue weighted by Gasteiger charge is -2.57. The minimum absolute atomic E-state index is 0.117. The van der Waals surface area contributed by atoms with Gasteiger partial charge in [0.25, 0.3) is 5.91 Å². The molecule has 2 N–H and O–H groups in total. The summed E-state index contributed by atoms with van der Waals surface area (Å²) in [5, 5.41) is 8.29. The summed E-state index contributed by atoms with van der Waals surface area (Å²) < 4.78 is 14.3. The average Bonchev–Trinajstić information content (AvgIpc) is 3.88. The van der Waals surface area contributed by atoms with Crippen LogP contribution in [0.1, 0.15) is 96.0 Å². The number of amides is 4. The minimum atomic E-state index is -1.04. The molecule has 65 heavy (non-hydrogen) atoms. The van der Waals surface area contributed by atoms with Crippen LogP contribution in [0.15, 0.2) is 41.9 Å². The van der Waals surface area contributed by atoms with Gasteiger partial charge in [0.1, 0.15) is 18.1 Å². The van der Waals surface area contributed by atoms with Crippen LogP contribution in [0.4, 0.5) is 4.79 Å². The Morgan fingerprint density at radius 1 is 1.11 bits per heavy atom. The molecule has 0 saturated carbocycles. The quantitative estimate of drug-likeness (QED) is 0.189. The van der Waals surface area contributed by atoms with Gasteiger partial charge in [-0.15, -0.1) is 11.3 Å². The van der Waals surface area contributed by atoms with Crippen molar-refractivity contribution in [2.75, 3.05) is 54.0 Å². The van der Waals surface area contributed by atoms with Crippen LogP contribution in [-0.2, 0) is 43.2 Å². The van der Waals surface area contributed by atoms with E-state index in [0.717, 1.165) is 77.0 Å². The highest BCUT2D eigenvalue weighted by Crippen LogP contribution is 2.43. The number of likely N-dealkylation sites (N-methyl/N-ethyl adjacent to an activating group) is 2. The first kappa shape index (κ1) is 46.6. The molecule has 3 aromatic heterocycles. The maximum atomic E-state index is 14.7. The molecule has 15 nitrogen and oxygen atoms in total. The number of esters is 1. The van der Waals surface area contributed by atoms with Crippen molar-refractivity contribution in [1.29, 1.82) is 0 Å². The van der Waals surface area contributed by atoms with Gasteiger partial charge in [-0.3, -0.25) is 24.4 Å². The molecular weight excluding hydrogens is 843 g/mol. The number of ether oxygens (including phenoxy) is 2. The SMILES string of the molecule is CCn1c(-c2cccnc2[C@H](C)OC)c2c3cc(ccc31)-c1csc(n1)C[C@H](NC(=O)[C@H](C(C)C)N(C)C(=O)N1CC[C@]13CCCN(C)C3)C(=O)N1CCC[C@H](N1)C(=O)OCC(C)(C)C2. The fourth-order valence-corrected chi connectivity index (χ4v) is 11.5. The number of aromatic nitrogens is 3. The van der Waals surface area contributed by atoms with Gasteiger partial charge in [0.05, 0.1) is 40.3 Å². The van der Waals surface area contributed by atoms with Crippen molar-refractivity contribution in [2.24, 2.45) is 11.3 Å². The van der Waals surface area contributed by atoms with E-state index in [1.807, 2.05) is 37.1 Å². The highest BCUT2D eigenvalue weighted by atomic mass is 32.1. The number of fused-ring (bicyclic) bond motifs is 6. The van der Waals surface area contributed by atoms with Crippen LogP contribution < -0.4 is 10.7 Å². The van der Waals surface area contributed by atoms with E-state index in [1.165, 1.54) is 16.3 Å². The molecule has 16 heteroatoms. The number of likely N-dealkylation sites (tertiary alicyclic amines) is 2. The van der Waals surface area contributed by atoms with Crippen molar-refractivity contribution in [3.63, 3.8) is 0 Å². The molecule has 4 aliphatic heterocycles. The largest absolute Gasteiger partial charge is 0.464 e. The Kier molecular flexibility index (Phi) is 13.5. The molecule has 6 bridgehead atoms. The fourth-order valence-electron chi connectivity index (χ4n) is 10.7. The zero-order valence-electron chi connectivity index (χ0n) is 39.6. The number of nitrogens with one attached hydrogen (secondary N) is 2. The van der Waals surface area contributed by atoms with Gasteiger partial charge in [-0.2, -0.15) is 0 Å². The Bertz CT molecular complexity index is 2430. The molecule has 5 atom stereocenters. The number of hydrazine groups is 1. The summed E-state index contributed by atoms with van der Waals surface area (Å²) in [5.74, 6) is -1.47. The number of pyridine rings is 1. The summed E-state index contributed by atoms with van der Waals surface area (Å²) >= 11 is 1.44. The topological polar surface area (TPSA) is 154 Å². The van der Waals surface area contributed by atoms with E-state index in [4.69, 9.17) is 19.4 Å². The normalized spacial score (nSPS) is 23.8. The van der Waals surface area contributed by atoms with Gasteiger partial charge in [0, 0.05) is 85.8 Å². The van der Waals surface area contributed by atoms with E-state index in [-0.39, 0.29) is 42.5 Å². The number of piperidine rings is 1. The first-order valence-corrected chi connectivity index (χ1v) is 24.3. The van der Waals surface area contributed by atoms with E-state index in [0.29, 0.717) is 43.9 Å². The maximum Gasteiger partial charge on any atom is 0.324 e. The van der Waals surface area contributed by atoms with E-state index in [1.54, 1.807) is 25.3 Å². The molecule has 1 aromatic carbocycles. The third kappa shape index (κ3) is 9.15. The lowest BCUT2D eigenvalue weighted by molar-refractivity contribution is -0.155. The van der Waals surface area contributed by atoms with Crippen molar-refractivity contribution >= 4 is 46.1 Å². The van der Waals surface area contributed by atoms with Crippen molar-refractivity contribution in [3.05, 3.63) is 58.2 Å². The number of aryl methyl sites for hydroxylation is 1. The summed E-state index contributed by atoms with van der Waals surface area (Å²) in [4.78, 5) is 73.1. The summed E-state index contributed by atoms with van der Waals surface area (Å²) in [6.45, 7) is 15.9. The number of hydrogen-bond acceptors (Lipinski definition) is 11. The Morgan fingerprint density at radius 3 is 2.62 bits per heavy atom. The van der Waals surface area contributed by atoms with Crippen LogP contribution in [0.3, 0.4) is 0 Å². The van der Waals surface area contributed by atoms with Crippen molar-refractivity contribution in [2.45, 2.75) is 123 Å². The first-order chi connectivity index (χ1) is 31.0. The predicted octanol–water partition coefficient (Wildman–Crippen LogP) is 6.45. The molecule has 7 heterocycles. The van der Waals surface area contributed by atoms with E-state index >= 15 is 0 Å². The number of carbonyl (C=O) groups is 4. The Hall–Kier alpha value is -4.90.